The van der Waals surface area contributed by atoms with Crippen LogP contribution in [0, 0.1) is 5.38 Å². The minimum atomic E-state index is 0.763. The van der Waals surface area contributed by atoms with E-state index < -0.39 is 0 Å². The van der Waals surface area contributed by atoms with E-state index in [0.717, 1.165) is 22.1 Å². The number of hydrogen-bond acceptors (Lipinski definition) is 4. The lowest BCUT2D eigenvalue weighted by atomic mass is 10.2. The number of ether oxygens (including phenoxy) is 2. The monoisotopic (exact) mass is 220 g/mol. The van der Waals surface area contributed by atoms with Crippen LogP contribution in [0.15, 0.2) is 24.4 Å². The molecule has 77 valence electrons. The first-order valence-corrected chi connectivity index (χ1v) is 5.20. The summed E-state index contributed by atoms with van der Waals surface area (Å²) in [6, 6.07) is 5.69. The molecule has 4 heteroatoms. The molecule has 0 aliphatic rings. The highest BCUT2D eigenvalue weighted by Gasteiger charge is 2.05. The molecule has 1 heterocycles. The van der Waals surface area contributed by atoms with Crippen LogP contribution >= 0.6 is 11.3 Å². The zero-order valence-electron chi connectivity index (χ0n) is 8.48. The van der Waals surface area contributed by atoms with Crippen LogP contribution in [0.4, 0.5) is 0 Å². The van der Waals surface area contributed by atoms with Crippen molar-refractivity contribution in [3.05, 3.63) is 29.8 Å². The summed E-state index contributed by atoms with van der Waals surface area (Å²) in [6.07, 6.45) is 1.66. The lowest BCUT2D eigenvalue weighted by Gasteiger charge is -2.06. The van der Waals surface area contributed by atoms with Gasteiger partial charge in [-0.15, -0.1) is 11.3 Å². The van der Waals surface area contributed by atoms with Gasteiger partial charge in [0.05, 0.1) is 19.6 Å². The Hall–Kier alpha value is -1.55. The number of nitrogens with zero attached hydrogens (tertiary/aromatic N) is 1. The second kappa shape index (κ2) is 4.31. The third-order valence-corrected chi connectivity index (χ3v) is 2.75. The fraction of sp³-hybridized carbons (Fsp3) is 0.182. The molecule has 0 aliphatic heterocycles. The van der Waals surface area contributed by atoms with Gasteiger partial charge in [0, 0.05) is 17.8 Å². The molecule has 2 rings (SSSR count). The highest BCUT2D eigenvalue weighted by molar-refractivity contribution is 7.12. The molecule has 0 amide bonds. The third-order valence-electron chi connectivity index (χ3n) is 1.99. The zero-order valence-corrected chi connectivity index (χ0v) is 9.30. The summed E-state index contributed by atoms with van der Waals surface area (Å²) < 4.78 is 10.4. The Kier molecular flexibility index (Phi) is 2.87. The molecule has 1 radical (unpaired) electrons. The van der Waals surface area contributed by atoms with Crippen molar-refractivity contribution in [3.63, 3.8) is 0 Å². The number of benzene rings is 1. The molecular formula is C11H10NO2S. The van der Waals surface area contributed by atoms with E-state index in [1.165, 1.54) is 11.3 Å². The van der Waals surface area contributed by atoms with Crippen molar-refractivity contribution in [2.75, 3.05) is 14.2 Å². The smallest absolute Gasteiger partial charge is 0.124 e. The maximum absolute atomic E-state index is 5.18. The second-order valence-corrected chi connectivity index (χ2v) is 3.71. The molecule has 0 atom stereocenters. The number of methoxy groups -OCH3 is 2. The van der Waals surface area contributed by atoms with Crippen LogP contribution in [-0.4, -0.2) is 19.2 Å². The first-order valence-electron chi connectivity index (χ1n) is 4.39. The van der Waals surface area contributed by atoms with E-state index in [1.54, 1.807) is 20.4 Å². The Balaban J connectivity index is 2.47. The summed E-state index contributed by atoms with van der Waals surface area (Å²) in [7, 11) is 3.26. The van der Waals surface area contributed by atoms with Gasteiger partial charge < -0.3 is 9.47 Å². The summed E-state index contributed by atoms with van der Waals surface area (Å²) in [5.41, 5.74) is 0.984. The number of hydrogen-bond donors (Lipinski definition) is 0. The molecule has 0 bridgehead atoms. The quantitative estimate of drug-likeness (QED) is 0.796. The Morgan fingerprint density at radius 2 is 1.80 bits per heavy atom. The van der Waals surface area contributed by atoms with Gasteiger partial charge in [-0.2, -0.15) is 0 Å². The molecule has 0 spiro atoms. The fourth-order valence-electron chi connectivity index (χ4n) is 1.26. The average Bonchev–Trinajstić information content (AvgIpc) is 2.81. The minimum Gasteiger partial charge on any atom is -0.497 e. The van der Waals surface area contributed by atoms with Crippen LogP contribution in [0.25, 0.3) is 10.6 Å². The molecular weight excluding hydrogens is 210 g/mol. The van der Waals surface area contributed by atoms with Crippen LogP contribution in [0.5, 0.6) is 11.5 Å². The highest BCUT2D eigenvalue weighted by Crippen LogP contribution is 2.30. The molecule has 0 unspecified atom stereocenters. The van der Waals surface area contributed by atoms with Gasteiger partial charge in [-0.05, 0) is 12.1 Å². The molecule has 0 aliphatic carbocycles. The molecule has 0 saturated carbocycles. The van der Waals surface area contributed by atoms with Gasteiger partial charge in [0.15, 0.2) is 0 Å². The van der Waals surface area contributed by atoms with Crippen LogP contribution < -0.4 is 9.47 Å². The van der Waals surface area contributed by atoms with Crippen LogP contribution in [0.3, 0.4) is 0 Å². The number of aromatic nitrogens is 1. The maximum atomic E-state index is 5.18. The first-order chi connectivity index (χ1) is 7.33. The summed E-state index contributed by atoms with van der Waals surface area (Å²) in [5.74, 6) is 1.53. The molecule has 15 heavy (non-hydrogen) atoms. The van der Waals surface area contributed by atoms with E-state index in [4.69, 9.17) is 9.47 Å². The lowest BCUT2D eigenvalue weighted by molar-refractivity contribution is 0.394. The van der Waals surface area contributed by atoms with Crippen molar-refractivity contribution < 1.29 is 9.47 Å². The fourth-order valence-corrected chi connectivity index (χ4v) is 1.82. The van der Waals surface area contributed by atoms with Crippen LogP contribution in [0.2, 0.25) is 0 Å². The predicted molar refractivity (Wildman–Crippen MR) is 59.5 cm³/mol. The third kappa shape index (κ3) is 2.10. The van der Waals surface area contributed by atoms with E-state index in [9.17, 15) is 0 Å². The predicted octanol–water partition coefficient (Wildman–Crippen LogP) is 2.63. The normalized spacial score (nSPS) is 10.0. The molecule has 1 aromatic carbocycles. The van der Waals surface area contributed by atoms with Gasteiger partial charge >= 0.3 is 0 Å². The first kappa shape index (κ1) is 9.98. The topological polar surface area (TPSA) is 31.4 Å². The van der Waals surface area contributed by atoms with Crippen molar-refractivity contribution in [1.82, 2.24) is 4.98 Å². The average molecular weight is 220 g/mol. The van der Waals surface area contributed by atoms with Crippen LogP contribution in [-0.2, 0) is 0 Å². The standard InChI is InChI=1S/C11H10NO2S/c1-13-9-5-8(6-10(7-9)14-2)11-12-3-4-15-11/h3,5-7H,1-2H3. The maximum Gasteiger partial charge on any atom is 0.124 e. The summed E-state index contributed by atoms with van der Waals surface area (Å²) in [4.78, 5) is 4.19. The number of thiazole rings is 1. The van der Waals surface area contributed by atoms with E-state index in [-0.39, 0.29) is 0 Å². The molecule has 3 nitrogen and oxygen atoms in total. The molecule has 1 aromatic heterocycles. The Morgan fingerprint density at radius 1 is 1.13 bits per heavy atom. The van der Waals surface area contributed by atoms with Gasteiger partial charge in [0.1, 0.15) is 16.5 Å². The van der Waals surface area contributed by atoms with Crippen molar-refractivity contribution in [2.45, 2.75) is 0 Å². The van der Waals surface area contributed by atoms with Crippen molar-refractivity contribution in [1.29, 1.82) is 0 Å². The summed E-state index contributed by atoms with van der Waals surface area (Å²) in [6.45, 7) is 0. The molecule has 0 saturated heterocycles. The molecule has 0 fully saturated rings. The summed E-state index contributed by atoms with van der Waals surface area (Å²) >= 11 is 1.47. The van der Waals surface area contributed by atoms with Gasteiger partial charge in [-0.3, -0.25) is 0 Å². The van der Waals surface area contributed by atoms with Gasteiger partial charge in [-0.25, -0.2) is 4.98 Å². The minimum absolute atomic E-state index is 0.763. The van der Waals surface area contributed by atoms with Crippen molar-refractivity contribution >= 4 is 11.3 Å². The number of rotatable bonds is 3. The SMILES string of the molecule is COc1cc(OC)cc(-c2nc[c]s2)c1. The van der Waals surface area contributed by atoms with Crippen molar-refractivity contribution in [3.8, 4) is 22.1 Å². The second-order valence-electron chi connectivity index (χ2n) is 2.88. The molecule has 0 N–H and O–H groups in total. The Labute approximate surface area is 92.3 Å². The zero-order chi connectivity index (χ0) is 10.7. The highest BCUT2D eigenvalue weighted by atomic mass is 32.1. The van der Waals surface area contributed by atoms with Gasteiger partial charge in [0.2, 0.25) is 0 Å². The van der Waals surface area contributed by atoms with E-state index in [1.807, 2.05) is 18.2 Å². The lowest BCUT2D eigenvalue weighted by Crippen LogP contribution is -1.88. The van der Waals surface area contributed by atoms with Gasteiger partial charge in [0.25, 0.3) is 0 Å². The van der Waals surface area contributed by atoms with E-state index in [0.29, 0.717) is 0 Å². The van der Waals surface area contributed by atoms with Crippen LogP contribution in [0.1, 0.15) is 0 Å². The Morgan fingerprint density at radius 3 is 2.27 bits per heavy atom. The Bertz CT molecular complexity index is 418. The van der Waals surface area contributed by atoms with E-state index in [2.05, 4.69) is 10.4 Å². The van der Waals surface area contributed by atoms with Crippen molar-refractivity contribution in [2.24, 2.45) is 0 Å². The molecule has 2 aromatic rings. The summed E-state index contributed by atoms with van der Waals surface area (Å²) in [5, 5.41) is 3.86. The largest absolute Gasteiger partial charge is 0.497 e. The van der Waals surface area contributed by atoms with E-state index >= 15 is 0 Å². The van der Waals surface area contributed by atoms with Gasteiger partial charge in [-0.1, -0.05) is 0 Å².